The van der Waals surface area contributed by atoms with Crippen LogP contribution in [-0.2, 0) is 28.7 Å². The first-order valence-electron chi connectivity index (χ1n) is 18.2. The van der Waals surface area contributed by atoms with E-state index in [4.69, 9.17) is 9.47 Å². The molecule has 8 atom stereocenters. The van der Waals surface area contributed by atoms with Gasteiger partial charge in [-0.25, -0.2) is 0 Å². The molecule has 0 saturated carbocycles. The van der Waals surface area contributed by atoms with Crippen molar-refractivity contribution in [3.63, 3.8) is 0 Å². The standard InChI is InChI=1S/C40H50N4O7/c1-6-42(7-2)28-18-20-29(21-19-28)43-23-13-22-40-34(37(47)44(36(40)38(43)48)30(24-45)25(3)4)33-31(51-40)16-11-12-17-32(46)41-26(5)35(50-39(33)49)27-14-9-8-10-15-27/h8-11,13-16,18-22,25-26,30-31,33-36,45H,6-7,12,17,23-24H2,1-5H3,(H,41,46)/b16-11-/t26-,30+,31-,33+,34+,35+,36-,40+/m1/s1. The maximum Gasteiger partial charge on any atom is 0.313 e. The second kappa shape index (κ2) is 15.0. The molecule has 6 rings (SSSR count). The van der Waals surface area contributed by atoms with Crippen LogP contribution in [0.15, 0.2) is 78.9 Å². The van der Waals surface area contributed by atoms with Crippen LogP contribution in [0.25, 0.3) is 0 Å². The Bertz CT molecular complexity index is 1660. The van der Waals surface area contributed by atoms with Gasteiger partial charge < -0.3 is 34.6 Å². The Kier molecular flexibility index (Phi) is 10.7. The van der Waals surface area contributed by atoms with Gasteiger partial charge in [-0.3, -0.25) is 19.2 Å². The number of amides is 3. The summed E-state index contributed by atoms with van der Waals surface area (Å²) >= 11 is 0. The van der Waals surface area contributed by atoms with E-state index in [1.165, 1.54) is 4.90 Å². The van der Waals surface area contributed by atoms with Crippen molar-refractivity contribution in [3.8, 4) is 0 Å². The number of hydrogen-bond acceptors (Lipinski definition) is 8. The van der Waals surface area contributed by atoms with Crippen molar-refractivity contribution in [3.05, 3.63) is 84.5 Å². The SMILES string of the molecule is CCN(CC)c1ccc(N2CC=C[C@]34O[C@@H]5/C=C\CCC(=O)N[C@H](C)[C@@H](c6ccccc6)OC(=O)[C@@H]5[C@H]3C(=O)N([C@@H](CO)C(C)C)[C@@H]4C2=O)cc1. The molecule has 2 aromatic carbocycles. The van der Waals surface area contributed by atoms with Crippen LogP contribution in [0.3, 0.4) is 0 Å². The highest BCUT2D eigenvalue weighted by Crippen LogP contribution is 2.54. The van der Waals surface area contributed by atoms with Crippen molar-refractivity contribution in [1.29, 1.82) is 0 Å². The molecule has 3 amide bonds. The third kappa shape index (κ3) is 6.57. The average molecular weight is 699 g/mol. The fourth-order valence-corrected chi connectivity index (χ4v) is 8.29. The van der Waals surface area contributed by atoms with Gasteiger partial charge in [0.05, 0.1) is 30.7 Å². The number of anilines is 2. The lowest BCUT2D eigenvalue weighted by Crippen LogP contribution is -2.59. The molecule has 0 aliphatic carbocycles. The summed E-state index contributed by atoms with van der Waals surface area (Å²) in [4.78, 5) is 62.6. The molecule has 4 aliphatic rings. The second-order valence-corrected chi connectivity index (χ2v) is 14.2. The number of rotatable bonds is 8. The van der Waals surface area contributed by atoms with Crippen LogP contribution < -0.4 is 15.1 Å². The molecular weight excluding hydrogens is 648 g/mol. The molecule has 0 aromatic heterocycles. The molecule has 2 saturated heterocycles. The number of likely N-dealkylation sites (tertiary alicyclic amines) is 1. The number of esters is 1. The topological polar surface area (TPSA) is 129 Å². The molecule has 4 heterocycles. The van der Waals surface area contributed by atoms with E-state index >= 15 is 0 Å². The molecule has 1 spiro atoms. The number of nitrogens with zero attached hydrogens (tertiary/aromatic N) is 3. The van der Waals surface area contributed by atoms with E-state index in [9.17, 15) is 24.3 Å². The van der Waals surface area contributed by atoms with Crippen molar-refractivity contribution in [2.24, 2.45) is 17.8 Å². The number of aliphatic hydroxyl groups excluding tert-OH is 1. The number of nitrogens with one attached hydrogen (secondary N) is 1. The number of hydrogen-bond donors (Lipinski definition) is 2. The molecule has 272 valence electrons. The van der Waals surface area contributed by atoms with E-state index in [1.807, 2.05) is 74.5 Å². The summed E-state index contributed by atoms with van der Waals surface area (Å²) in [5.74, 6) is -4.04. The Morgan fingerprint density at radius 3 is 2.33 bits per heavy atom. The molecule has 11 heteroatoms. The van der Waals surface area contributed by atoms with Gasteiger partial charge in [-0.15, -0.1) is 0 Å². The van der Waals surface area contributed by atoms with Crippen LogP contribution in [-0.4, -0.2) is 89.8 Å². The summed E-state index contributed by atoms with van der Waals surface area (Å²) in [5, 5.41) is 13.6. The smallest absolute Gasteiger partial charge is 0.313 e. The Morgan fingerprint density at radius 1 is 0.980 bits per heavy atom. The molecule has 2 N–H and O–H groups in total. The first-order valence-corrected chi connectivity index (χ1v) is 18.2. The summed E-state index contributed by atoms with van der Waals surface area (Å²) in [5.41, 5.74) is 0.878. The fourth-order valence-electron chi connectivity index (χ4n) is 8.29. The minimum atomic E-state index is -1.52. The number of carbonyl (C=O) groups excluding carboxylic acids is 4. The lowest BCUT2D eigenvalue weighted by Gasteiger charge is -2.40. The van der Waals surface area contributed by atoms with Gasteiger partial charge in [-0.1, -0.05) is 68.5 Å². The zero-order valence-corrected chi connectivity index (χ0v) is 30.1. The number of ether oxygens (including phenoxy) is 2. The molecule has 51 heavy (non-hydrogen) atoms. The van der Waals surface area contributed by atoms with E-state index in [0.29, 0.717) is 17.7 Å². The van der Waals surface area contributed by atoms with Gasteiger partial charge in [0.1, 0.15) is 23.7 Å². The summed E-state index contributed by atoms with van der Waals surface area (Å²) < 4.78 is 13.1. The van der Waals surface area contributed by atoms with E-state index in [-0.39, 0.29) is 37.3 Å². The monoisotopic (exact) mass is 698 g/mol. The van der Waals surface area contributed by atoms with Gasteiger partial charge in [0.15, 0.2) is 0 Å². The van der Waals surface area contributed by atoms with Gasteiger partial charge in [0.2, 0.25) is 11.8 Å². The van der Waals surface area contributed by atoms with Crippen LogP contribution in [0.2, 0.25) is 0 Å². The number of allylic oxidation sites excluding steroid dienone is 1. The molecule has 2 aromatic rings. The highest BCUT2D eigenvalue weighted by atomic mass is 16.6. The van der Waals surface area contributed by atoms with Gasteiger partial charge in [-0.05, 0) is 62.9 Å². The van der Waals surface area contributed by atoms with Crippen molar-refractivity contribution < 1.29 is 33.8 Å². The molecule has 0 bridgehead atoms. The van der Waals surface area contributed by atoms with E-state index in [2.05, 4.69) is 24.1 Å². The minimum Gasteiger partial charge on any atom is -0.455 e. The second-order valence-electron chi connectivity index (χ2n) is 14.2. The third-order valence-corrected chi connectivity index (χ3v) is 10.9. The van der Waals surface area contributed by atoms with Crippen molar-refractivity contribution in [2.75, 3.05) is 36.0 Å². The van der Waals surface area contributed by atoms with E-state index < -0.39 is 59.6 Å². The molecule has 11 nitrogen and oxygen atoms in total. The minimum absolute atomic E-state index is 0.179. The van der Waals surface area contributed by atoms with Crippen LogP contribution in [0.4, 0.5) is 11.4 Å². The molecule has 4 aliphatic heterocycles. The van der Waals surface area contributed by atoms with Crippen molar-refractivity contribution >= 4 is 35.1 Å². The lowest BCUT2D eigenvalue weighted by atomic mass is 9.77. The Morgan fingerprint density at radius 2 is 1.69 bits per heavy atom. The zero-order chi connectivity index (χ0) is 36.4. The third-order valence-electron chi connectivity index (χ3n) is 10.9. The summed E-state index contributed by atoms with van der Waals surface area (Å²) in [6.45, 7) is 11.3. The maximum absolute atomic E-state index is 15.0. The highest BCUT2D eigenvalue weighted by molar-refractivity contribution is 6.05. The van der Waals surface area contributed by atoms with E-state index in [1.54, 1.807) is 30.1 Å². The van der Waals surface area contributed by atoms with Crippen molar-refractivity contribution in [1.82, 2.24) is 10.2 Å². The first kappa shape index (κ1) is 36.3. The van der Waals surface area contributed by atoms with Crippen molar-refractivity contribution in [2.45, 2.75) is 83.4 Å². The number of benzene rings is 2. The molecule has 0 radical (unpaired) electrons. The number of cyclic esters (lactones) is 1. The van der Waals surface area contributed by atoms with Gasteiger partial charge in [-0.2, -0.15) is 0 Å². The quantitative estimate of drug-likeness (QED) is 0.311. The Hall–Kier alpha value is -4.48. The number of aliphatic hydroxyl groups is 1. The van der Waals surface area contributed by atoms with E-state index in [0.717, 1.165) is 18.8 Å². The largest absolute Gasteiger partial charge is 0.455 e. The lowest BCUT2D eigenvalue weighted by molar-refractivity contribution is -0.162. The molecular formula is C40H50N4O7. The summed E-state index contributed by atoms with van der Waals surface area (Å²) in [7, 11) is 0. The van der Waals surface area contributed by atoms with Crippen LogP contribution >= 0.6 is 0 Å². The predicted molar refractivity (Wildman–Crippen MR) is 194 cm³/mol. The van der Waals surface area contributed by atoms with Gasteiger partial charge in [0.25, 0.3) is 5.91 Å². The van der Waals surface area contributed by atoms with Gasteiger partial charge >= 0.3 is 5.97 Å². The maximum atomic E-state index is 15.0. The van der Waals surface area contributed by atoms with Crippen LogP contribution in [0.5, 0.6) is 0 Å². The first-order chi connectivity index (χ1) is 24.6. The Labute approximate surface area is 300 Å². The zero-order valence-electron chi connectivity index (χ0n) is 30.1. The van der Waals surface area contributed by atoms with Gasteiger partial charge in [0, 0.05) is 37.4 Å². The normalized spacial score (nSPS) is 30.7. The molecule has 0 unspecified atom stereocenters. The molecule has 2 fully saturated rings. The predicted octanol–water partition coefficient (Wildman–Crippen LogP) is 4.17. The average Bonchev–Trinajstić information content (AvgIpc) is 3.50. The van der Waals surface area contributed by atoms with Crippen LogP contribution in [0, 0.1) is 17.8 Å². The number of fused-ring (bicyclic) bond motifs is 2. The fraction of sp³-hybridized carbons (Fsp3) is 0.500. The highest BCUT2D eigenvalue weighted by Gasteiger charge is 2.72. The van der Waals surface area contributed by atoms with Crippen LogP contribution in [0.1, 0.15) is 59.1 Å². The Balaban J connectivity index is 1.44. The summed E-state index contributed by atoms with van der Waals surface area (Å²) in [6, 6.07) is 14.5. The summed E-state index contributed by atoms with van der Waals surface area (Å²) in [6.07, 6.45) is 5.99. The number of carbonyl (C=O) groups is 4.